The van der Waals surface area contributed by atoms with Gasteiger partial charge in [0, 0.05) is 20.8 Å². The van der Waals surface area contributed by atoms with Crippen LogP contribution in [0.2, 0.25) is 0 Å². The van der Waals surface area contributed by atoms with Crippen molar-refractivity contribution in [3.05, 3.63) is 33.8 Å². The van der Waals surface area contributed by atoms with Gasteiger partial charge in [0.05, 0.1) is 5.52 Å². The number of nitrogen functional groups attached to an aromatic ring is 1. The van der Waals surface area contributed by atoms with E-state index in [4.69, 9.17) is 5.73 Å². The van der Waals surface area contributed by atoms with Crippen molar-refractivity contribution in [1.82, 2.24) is 4.98 Å². The maximum Gasteiger partial charge on any atom is 0.125 e. The fourth-order valence-corrected chi connectivity index (χ4v) is 1.93. The van der Waals surface area contributed by atoms with Crippen molar-refractivity contribution in [2.45, 2.75) is 0 Å². The molecular formula is C9H6FIN2. The van der Waals surface area contributed by atoms with Crippen molar-refractivity contribution in [2.75, 3.05) is 5.73 Å². The molecule has 0 aliphatic carbocycles. The highest BCUT2D eigenvalue weighted by atomic mass is 127. The third kappa shape index (κ3) is 1.46. The molecule has 13 heavy (non-hydrogen) atoms. The molecule has 0 bridgehead atoms. The third-order valence-corrected chi connectivity index (χ3v) is 2.62. The Morgan fingerprint density at radius 1 is 1.38 bits per heavy atom. The van der Waals surface area contributed by atoms with Gasteiger partial charge in [-0.3, -0.25) is 4.98 Å². The van der Waals surface area contributed by atoms with Crippen molar-refractivity contribution in [3.8, 4) is 0 Å². The van der Waals surface area contributed by atoms with E-state index in [-0.39, 0.29) is 5.82 Å². The van der Waals surface area contributed by atoms with Gasteiger partial charge in [0.1, 0.15) is 5.82 Å². The first-order valence-corrected chi connectivity index (χ1v) is 4.75. The first-order valence-electron chi connectivity index (χ1n) is 3.68. The van der Waals surface area contributed by atoms with Crippen molar-refractivity contribution in [1.29, 1.82) is 0 Å². The Labute approximate surface area is 88.1 Å². The maximum atomic E-state index is 13.0. The first-order chi connectivity index (χ1) is 6.18. The van der Waals surface area contributed by atoms with Gasteiger partial charge in [-0.1, -0.05) is 0 Å². The Bertz CT molecular complexity index is 470. The standard InChI is InChI=1S/C9H6FIN2/c10-5-3-6-8(12)1-2-13-9(6)7(11)4-5/h1-4H,(H2,12,13). The second-order valence-corrected chi connectivity index (χ2v) is 3.85. The highest BCUT2D eigenvalue weighted by molar-refractivity contribution is 14.1. The average molecular weight is 288 g/mol. The zero-order valence-corrected chi connectivity index (χ0v) is 8.75. The van der Waals surface area contributed by atoms with E-state index in [2.05, 4.69) is 4.98 Å². The normalized spacial score (nSPS) is 10.6. The first kappa shape index (κ1) is 8.68. The van der Waals surface area contributed by atoms with Crippen LogP contribution in [-0.2, 0) is 0 Å². The molecule has 0 atom stereocenters. The summed E-state index contributed by atoms with van der Waals surface area (Å²) >= 11 is 2.04. The van der Waals surface area contributed by atoms with Crippen LogP contribution in [0, 0.1) is 9.39 Å². The molecule has 0 aliphatic rings. The summed E-state index contributed by atoms with van der Waals surface area (Å²) in [5.41, 5.74) is 6.99. The second-order valence-electron chi connectivity index (χ2n) is 2.68. The van der Waals surface area contributed by atoms with Gasteiger partial charge < -0.3 is 5.73 Å². The molecule has 0 saturated carbocycles. The molecule has 66 valence electrons. The van der Waals surface area contributed by atoms with E-state index in [1.54, 1.807) is 12.3 Å². The lowest BCUT2D eigenvalue weighted by molar-refractivity contribution is 0.629. The van der Waals surface area contributed by atoms with Crippen LogP contribution in [0.25, 0.3) is 10.9 Å². The van der Waals surface area contributed by atoms with Crippen molar-refractivity contribution in [2.24, 2.45) is 0 Å². The van der Waals surface area contributed by atoms with Crippen LogP contribution in [0.5, 0.6) is 0 Å². The highest BCUT2D eigenvalue weighted by Gasteiger charge is 2.04. The molecule has 1 aromatic heterocycles. The van der Waals surface area contributed by atoms with Crippen LogP contribution in [0.4, 0.5) is 10.1 Å². The van der Waals surface area contributed by atoms with Gasteiger partial charge >= 0.3 is 0 Å². The fourth-order valence-electron chi connectivity index (χ4n) is 1.20. The van der Waals surface area contributed by atoms with Gasteiger partial charge in [-0.2, -0.15) is 0 Å². The molecule has 0 fully saturated rings. The molecule has 2 aromatic rings. The zero-order chi connectivity index (χ0) is 9.42. The SMILES string of the molecule is Nc1ccnc2c(I)cc(F)cc12. The molecule has 0 radical (unpaired) electrons. The maximum absolute atomic E-state index is 13.0. The summed E-state index contributed by atoms with van der Waals surface area (Å²) < 4.78 is 13.8. The van der Waals surface area contributed by atoms with Gasteiger partial charge in [-0.05, 0) is 40.8 Å². The number of rotatable bonds is 0. The molecular weight excluding hydrogens is 282 g/mol. The molecule has 0 aliphatic heterocycles. The Balaban J connectivity index is 2.94. The lowest BCUT2D eigenvalue weighted by Gasteiger charge is -2.02. The number of hydrogen-bond acceptors (Lipinski definition) is 2. The fraction of sp³-hybridized carbons (Fsp3) is 0. The molecule has 2 rings (SSSR count). The molecule has 0 unspecified atom stereocenters. The number of anilines is 1. The van der Waals surface area contributed by atoms with E-state index in [1.165, 1.54) is 12.1 Å². The van der Waals surface area contributed by atoms with Gasteiger partial charge in [-0.15, -0.1) is 0 Å². The zero-order valence-electron chi connectivity index (χ0n) is 6.59. The molecule has 1 aromatic carbocycles. The van der Waals surface area contributed by atoms with Crippen LogP contribution >= 0.6 is 22.6 Å². The van der Waals surface area contributed by atoms with Gasteiger partial charge in [0.2, 0.25) is 0 Å². The Morgan fingerprint density at radius 2 is 2.15 bits per heavy atom. The molecule has 2 nitrogen and oxygen atoms in total. The van der Waals surface area contributed by atoms with Crippen LogP contribution in [-0.4, -0.2) is 4.98 Å². The van der Waals surface area contributed by atoms with Crippen molar-refractivity contribution >= 4 is 39.2 Å². The van der Waals surface area contributed by atoms with E-state index in [9.17, 15) is 4.39 Å². The monoisotopic (exact) mass is 288 g/mol. The summed E-state index contributed by atoms with van der Waals surface area (Å²) in [4.78, 5) is 4.13. The Kier molecular flexibility index (Phi) is 2.07. The number of fused-ring (bicyclic) bond motifs is 1. The molecule has 4 heteroatoms. The van der Waals surface area contributed by atoms with Gasteiger partial charge in [0.25, 0.3) is 0 Å². The predicted octanol–water partition coefficient (Wildman–Crippen LogP) is 2.56. The molecule has 0 spiro atoms. The van der Waals surface area contributed by atoms with E-state index in [0.29, 0.717) is 11.1 Å². The largest absolute Gasteiger partial charge is 0.398 e. The average Bonchev–Trinajstić information content (AvgIpc) is 2.07. The van der Waals surface area contributed by atoms with Crippen molar-refractivity contribution < 1.29 is 4.39 Å². The topological polar surface area (TPSA) is 38.9 Å². The molecule has 0 amide bonds. The van der Waals surface area contributed by atoms with Crippen molar-refractivity contribution in [3.63, 3.8) is 0 Å². The predicted molar refractivity (Wildman–Crippen MR) is 58.8 cm³/mol. The number of benzene rings is 1. The van der Waals surface area contributed by atoms with Gasteiger partial charge in [-0.25, -0.2) is 4.39 Å². The lowest BCUT2D eigenvalue weighted by atomic mass is 10.2. The van der Waals surface area contributed by atoms with E-state index in [1.807, 2.05) is 22.6 Å². The van der Waals surface area contributed by atoms with E-state index < -0.39 is 0 Å². The number of hydrogen-bond donors (Lipinski definition) is 1. The number of pyridine rings is 1. The van der Waals surface area contributed by atoms with E-state index >= 15 is 0 Å². The van der Waals surface area contributed by atoms with Gasteiger partial charge in [0.15, 0.2) is 0 Å². The smallest absolute Gasteiger partial charge is 0.125 e. The Hall–Kier alpha value is -0.910. The summed E-state index contributed by atoms with van der Waals surface area (Å²) in [5, 5.41) is 0.673. The number of aromatic nitrogens is 1. The Morgan fingerprint density at radius 3 is 2.92 bits per heavy atom. The summed E-state index contributed by atoms with van der Waals surface area (Å²) in [6, 6.07) is 4.51. The minimum atomic E-state index is -0.281. The second kappa shape index (κ2) is 3.10. The third-order valence-electron chi connectivity index (χ3n) is 1.80. The molecule has 1 heterocycles. The van der Waals surface area contributed by atoms with Crippen LogP contribution in [0.1, 0.15) is 0 Å². The summed E-state index contributed by atoms with van der Waals surface area (Å²) in [6.45, 7) is 0. The minimum Gasteiger partial charge on any atom is -0.398 e. The highest BCUT2D eigenvalue weighted by Crippen LogP contribution is 2.24. The molecule has 0 saturated heterocycles. The lowest BCUT2D eigenvalue weighted by Crippen LogP contribution is -1.91. The van der Waals surface area contributed by atoms with Crippen LogP contribution in [0.3, 0.4) is 0 Å². The van der Waals surface area contributed by atoms with Crippen LogP contribution < -0.4 is 5.73 Å². The minimum absolute atomic E-state index is 0.281. The number of nitrogens with zero attached hydrogens (tertiary/aromatic N) is 1. The van der Waals surface area contributed by atoms with Crippen LogP contribution in [0.15, 0.2) is 24.4 Å². The summed E-state index contributed by atoms with van der Waals surface area (Å²) in [7, 11) is 0. The number of halogens is 2. The summed E-state index contributed by atoms with van der Waals surface area (Å²) in [5.74, 6) is -0.281. The van der Waals surface area contributed by atoms with E-state index in [0.717, 1.165) is 9.09 Å². The number of nitrogens with two attached hydrogens (primary N) is 1. The quantitative estimate of drug-likeness (QED) is 0.757. The summed E-state index contributed by atoms with van der Waals surface area (Å²) in [6.07, 6.45) is 1.62. The molecule has 2 N–H and O–H groups in total.